The fourth-order valence-electron chi connectivity index (χ4n) is 6.23. The van der Waals surface area contributed by atoms with E-state index in [0.717, 1.165) is 42.8 Å². The van der Waals surface area contributed by atoms with Crippen LogP contribution in [0.2, 0.25) is 0 Å². The van der Waals surface area contributed by atoms with Crippen LogP contribution >= 0.6 is 0 Å². The monoisotopic (exact) mass is 466 g/mol. The molecule has 1 saturated carbocycles. The van der Waals surface area contributed by atoms with E-state index in [4.69, 9.17) is 15.0 Å². The number of benzene rings is 2. The maximum absolute atomic E-state index is 9.17. The van der Waals surface area contributed by atoms with Crippen molar-refractivity contribution in [3.8, 4) is 17.2 Å². The first-order valence-corrected chi connectivity index (χ1v) is 13.2. The first kappa shape index (κ1) is 22.5. The number of rotatable bonds is 4. The fraction of sp³-hybridized carbons (Fsp3) is 0.467. The molecule has 0 N–H and O–H groups in total. The van der Waals surface area contributed by atoms with E-state index in [1.807, 2.05) is 24.3 Å². The summed E-state index contributed by atoms with van der Waals surface area (Å²) >= 11 is 0. The number of hydrogen-bond donors (Lipinski definition) is 0. The summed E-state index contributed by atoms with van der Waals surface area (Å²) < 4.78 is 5.97. The molecule has 2 aliphatic heterocycles. The van der Waals surface area contributed by atoms with Gasteiger partial charge in [0.1, 0.15) is 0 Å². The number of piperidine rings is 1. The van der Waals surface area contributed by atoms with Crippen LogP contribution in [-0.2, 0) is 4.74 Å². The van der Waals surface area contributed by atoms with Gasteiger partial charge in [-0.25, -0.2) is 0 Å². The Morgan fingerprint density at radius 3 is 2.31 bits per heavy atom. The van der Waals surface area contributed by atoms with Crippen LogP contribution in [0.3, 0.4) is 0 Å². The summed E-state index contributed by atoms with van der Waals surface area (Å²) in [5.41, 5.74) is 6.87. The van der Waals surface area contributed by atoms with Crippen LogP contribution in [0.4, 0.5) is 5.69 Å². The number of pyridine rings is 1. The van der Waals surface area contributed by atoms with Gasteiger partial charge in [0.15, 0.2) is 0 Å². The molecule has 5 nitrogen and oxygen atoms in total. The first-order chi connectivity index (χ1) is 17.1. The SMILES string of the molecule is CC1CN(C2CCN(c3cnc4c(-c5ccc(C#N)cc5)cccc4c3C3CC3)CC2)CC(C)O1. The Labute approximate surface area is 208 Å². The van der Waals surface area contributed by atoms with Crippen molar-refractivity contribution in [2.24, 2.45) is 0 Å². The molecule has 180 valence electrons. The van der Waals surface area contributed by atoms with E-state index in [-0.39, 0.29) is 0 Å². The predicted octanol–water partition coefficient (Wildman–Crippen LogP) is 5.73. The molecular weight excluding hydrogens is 432 g/mol. The van der Waals surface area contributed by atoms with E-state index in [0.29, 0.717) is 29.7 Å². The Bertz CT molecular complexity index is 1240. The summed E-state index contributed by atoms with van der Waals surface area (Å²) in [5, 5.41) is 10.5. The Morgan fingerprint density at radius 2 is 1.66 bits per heavy atom. The number of para-hydroxylation sites is 1. The lowest BCUT2D eigenvalue weighted by Crippen LogP contribution is -2.53. The molecular formula is C30H34N4O. The van der Waals surface area contributed by atoms with Gasteiger partial charge in [0.25, 0.3) is 0 Å². The quantitative estimate of drug-likeness (QED) is 0.492. The molecule has 1 aromatic heterocycles. The Morgan fingerprint density at radius 1 is 0.943 bits per heavy atom. The number of nitriles is 1. The molecule has 3 heterocycles. The Hall–Kier alpha value is -2.94. The van der Waals surface area contributed by atoms with Crippen LogP contribution in [0, 0.1) is 11.3 Å². The minimum Gasteiger partial charge on any atom is -0.373 e. The van der Waals surface area contributed by atoms with Gasteiger partial charge in [-0.2, -0.15) is 5.26 Å². The number of nitrogens with zero attached hydrogens (tertiary/aromatic N) is 4. The van der Waals surface area contributed by atoms with Crippen molar-refractivity contribution >= 4 is 16.6 Å². The third kappa shape index (κ3) is 4.42. The van der Waals surface area contributed by atoms with Crippen LogP contribution < -0.4 is 4.90 Å². The molecule has 6 rings (SSSR count). The second-order valence-electron chi connectivity index (χ2n) is 10.7. The minimum atomic E-state index is 0.327. The van der Waals surface area contributed by atoms with E-state index in [2.05, 4.69) is 54.1 Å². The molecule has 0 bridgehead atoms. The summed E-state index contributed by atoms with van der Waals surface area (Å²) in [5.74, 6) is 0.644. The predicted molar refractivity (Wildman–Crippen MR) is 141 cm³/mol. The summed E-state index contributed by atoms with van der Waals surface area (Å²) in [6.07, 6.45) is 7.74. The summed E-state index contributed by atoms with van der Waals surface area (Å²) in [6, 6.07) is 17.3. The summed E-state index contributed by atoms with van der Waals surface area (Å²) in [6.45, 7) is 8.69. The molecule has 2 saturated heterocycles. The van der Waals surface area contributed by atoms with Gasteiger partial charge in [0, 0.05) is 43.2 Å². The Kier molecular flexibility index (Phi) is 5.96. The first-order valence-electron chi connectivity index (χ1n) is 13.2. The molecule has 35 heavy (non-hydrogen) atoms. The molecule has 2 unspecified atom stereocenters. The molecule has 1 aliphatic carbocycles. The highest BCUT2D eigenvalue weighted by atomic mass is 16.5. The van der Waals surface area contributed by atoms with Crippen molar-refractivity contribution in [1.82, 2.24) is 9.88 Å². The average molecular weight is 467 g/mol. The number of anilines is 1. The van der Waals surface area contributed by atoms with Crippen molar-refractivity contribution in [2.45, 2.75) is 63.7 Å². The second-order valence-corrected chi connectivity index (χ2v) is 10.7. The summed E-state index contributed by atoms with van der Waals surface area (Å²) in [4.78, 5) is 10.3. The maximum atomic E-state index is 9.17. The number of ether oxygens (including phenoxy) is 1. The van der Waals surface area contributed by atoms with Gasteiger partial charge in [-0.05, 0) is 68.7 Å². The molecule has 3 aliphatic rings. The van der Waals surface area contributed by atoms with Gasteiger partial charge in [-0.15, -0.1) is 0 Å². The zero-order valence-electron chi connectivity index (χ0n) is 20.8. The molecule has 2 atom stereocenters. The maximum Gasteiger partial charge on any atom is 0.0991 e. The van der Waals surface area contributed by atoms with Crippen LogP contribution in [-0.4, -0.2) is 54.3 Å². The van der Waals surface area contributed by atoms with E-state index in [1.54, 1.807) is 0 Å². The third-order valence-corrected chi connectivity index (χ3v) is 8.00. The minimum absolute atomic E-state index is 0.327. The highest BCUT2D eigenvalue weighted by Crippen LogP contribution is 2.48. The lowest BCUT2D eigenvalue weighted by molar-refractivity contribution is -0.0826. The molecule has 2 aromatic carbocycles. The zero-order valence-corrected chi connectivity index (χ0v) is 20.8. The van der Waals surface area contributed by atoms with Gasteiger partial charge < -0.3 is 9.64 Å². The van der Waals surface area contributed by atoms with Crippen LogP contribution in [0.25, 0.3) is 22.0 Å². The fourth-order valence-corrected chi connectivity index (χ4v) is 6.23. The topological polar surface area (TPSA) is 52.4 Å². The number of aromatic nitrogens is 1. The normalized spacial score (nSPS) is 24.0. The van der Waals surface area contributed by atoms with E-state index in [9.17, 15) is 0 Å². The number of morpholine rings is 1. The average Bonchev–Trinajstić information content (AvgIpc) is 3.72. The van der Waals surface area contributed by atoms with Crippen molar-refractivity contribution in [2.75, 3.05) is 31.1 Å². The highest BCUT2D eigenvalue weighted by molar-refractivity contribution is 5.98. The third-order valence-electron chi connectivity index (χ3n) is 8.00. The largest absolute Gasteiger partial charge is 0.373 e. The van der Waals surface area contributed by atoms with E-state index in [1.165, 1.54) is 42.3 Å². The lowest BCUT2D eigenvalue weighted by atomic mass is 9.95. The highest BCUT2D eigenvalue weighted by Gasteiger charge is 2.34. The smallest absolute Gasteiger partial charge is 0.0991 e. The van der Waals surface area contributed by atoms with Crippen molar-refractivity contribution < 1.29 is 4.74 Å². The lowest BCUT2D eigenvalue weighted by Gasteiger charge is -2.44. The van der Waals surface area contributed by atoms with Gasteiger partial charge in [0.2, 0.25) is 0 Å². The standard InChI is InChI=1S/C30H34N4O/c1-20-18-34(19-21(2)35-20)25-12-14-33(15-13-25)28-17-32-30-26(23-8-6-22(16-31)7-9-23)4-3-5-27(30)29(28)24-10-11-24/h3-9,17,20-21,24-25H,10-15,18-19H2,1-2H3. The van der Waals surface area contributed by atoms with Gasteiger partial charge in [-0.3, -0.25) is 9.88 Å². The molecule has 3 aromatic rings. The van der Waals surface area contributed by atoms with Crippen molar-refractivity contribution in [3.05, 3.63) is 59.8 Å². The number of fused-ring (bicyclic) bond motifs is 1. The van der Waals surface area contributed by atoms with Gasteiger partial charge in [-0.1, -0.05) is 30.3 Å². The second kappa shape index (κ2) is 9.26. The molecule has 0 spiro atoms. The number of hydrogen-bond acceptors (Lipinski definition) is 5. The van der Waals surface area contributed by atoms with Gasteiger partial charge >= 0.3 is 0 Å². The van der Waals surface area contributed by atoms with E-state index < -0.39 is 0 Å². The Balaban J connectivity index is 1.29. The molecule has 3 fully saturated rings. The van der Waals surface area contributed by atoms with Crippen LogP contribution in [0.15, 0.2) is 48.7 Å². The van der Waals surface area contributed by atoms with Crippen molar-refractivity contribution in [3.63, 3.8) is 0 Å². The molecule has 0 radical (unpaired) electrons. The van der Waals surface area contributed by atoms with Gasteiger partial charge in [0.05, 0.1) is 41.2 Å². The van der Waals surface area contributed by atoms with Crippen LogP contribution in [0.5, 0.6) is 0 Å². The molecule has 5 heteroatoms. The van der Waals surface area contributed by atoms with E-state index >= 15 is 0 Å². The van der Waals surface area contributed by atoms with Crippen LogP contribution in [0.1, 0.15) is 56.6 Å². The summed E-state index contributed by atoms with van der Waals surface area (Å²) in [7, 11) is 0. The van der Waals surface area contributed by atoms with Crippen molar-refractivity contribution in [1.29, 1.82) is 5.26 Å². The molecule has 0 amide bonds. The zero-order chi connectivity index (χ0) is 23.9.